The van der Waals surface area contributed by atoms with Crippen molar-refractivity contribution in [2.75, 3.05) is 5.88 Å². The molecule has 0 amide bonds. The zero-order valence-electron chi connectivity index (χ0n) is 8.65. The van der Waals surface area contributed by atoms with Gasteiger partial charge in [-0.15, -0.1) is 11.6 Å². The second-order valence-corrected chi connectivity index (χ2v) is 5.71. The molecule has 2 bridgehead atoms. The summed E-state index contributed by atoms with van der Waals surface area (Å²) in [6, 6.07) is 0.757. The fraction of sp³-hybridized carbons (Fsp3) is 1.00. The molecule has 76 valence electrons. The van der Waals surface area contributed by atoms with Gasteiger partial charge >= 0.3 is 0 Å². The number of nitrogens with one attached hydrogen (secondary N) is 1. The van der Waals surface area contributed by atoms with Gasteiger partial charge in [0.1, 0.15) is 0 Å². The molecular weight excluding hydrogens is 182 g/mol. The summed E-state index contributed by atoms with van der Waals surface area (Å²) in [5, 5.41) is 3.70. The highest BCUT2D eigenvalue weighted by molar-refractivity contribution is 6.18. The van der Waals surface area contributed by atoms with Crippen molar-refractivity contribution < 1.29 is 0 Å². The van der Waals surface area contributed by atoms with Crippen LogP contribution in [0.15, 0.2) is 0 Å². The SMILES string of the molecule is CC(C)(CCl)NC1CC2CCC1C2. The van der Waals surface area contributed by atoms with Crippen molar-refractivity contribution in [2.45, 2.75) is 51.1 Å². The first-order chi connectivity index (χ1) is 6.11. The molecule has 3 atom stereocenters. The fourth-order valence-corrected chi connectivity index (χ4v) is 3.04. The normalized spacial score (nSPS) is 38.5. The lowest BCUT2D eigenvalue weighted by molar-refractivity contribution is 0.282. The van der Waals surface area contributed by atoms with Gasteiger partial charge in [0.25, 0.3) is 0 Å². The Kier molecular flexibility index (Phi) is 2.59. The molecule has 0 heterocycles. The number of alkyl halides is 1. The first-order valence-corrected chi connectivity index (χ1v) is 5.98. The maximum Gasteiger partial charge on any atom is 0.0400 e. The third kappa shape index (κ3) is 2.02. The fourth-order valence-electron chi connectivity index (χ4n) is 2.96. The maximum atomic E-state index is 5.91. The van der Waals surface area contributed by atoms with Gasteiger partial charge in [-0.1, -0.05) is 6.42 Å². The highest BCUT2D eigenvalue weighted by Crippen LogP contribution is 2.44. The highest BCUT2D eigenvalue weighted by Gasteiger charge is 2.40. The molecule has 2 rings (SSSR count). The molecule has 2 fully saturated rings. The molecule has 3 unspecified atom stereocenters. The second kappa shape index (κ2) is 3.43. The van der Waals surface area contributed by atoms with Crippen LogP contribution in [0.2, 0.25) is 0 Å². The Bertz CT molecular complexity index is 191. The molecule has 0 spiro atoms. The van der Waals surface area contributed by atoms with E-state index in [0.717, 1.165) is 17.9 Å². The summed E-state index contributed by atoms with van der Waals surface area (Å²) in [7, 11) is 0. The zero-order chi connectivity index (χ0) is 9.47. The van der Waals surface area contributed by atoms with Crippen molar-refractivity contribution in [3.63, 3.8) is 0 Å². The van der Waals surface area contributed by atoms with Crippen LogP contribution in [0.3, 0.4) is 0 Å². The predicted molar refractivity (Wildman–Crippen MR) is 57.2 cm³/mol. The summed E-state index contributed by atoms with van der Waals surface area (Å²) >= 11 is 5.91. The third-order valence-electron chi connectivity index (χ3n) is 3.65. The molecule has 2 saturated carbocycles. The smallest absolute Gasteiger partial charge is 0.0400 e. The Hall–Kier alpha value is 0.250. The van der Waals surface area contributed by atoms with E-state index in [-0.39, 0.29) is 5.54 Å². The summed E-state index contributed by atoms with van der Waals surface area (Å²) in [4.78, 5) is 0. The first-order valence-electron chi connectivity index (χ1n) is 5.44. The Morgan fingerprint density at radius 2 is 2.08 bits per heavy atom. The lowest BCUT2D eigenvalue weighted by atomic mass is 9.93. The maximum absolute atomic E-state index is 5.91. The summed E-state index contributed by atoms with van der Waals surface area (Å²) in [6.07, 6.45) is 5.78. The van der Waals surface area contributed by atoms with Crippen LogP contribution in [0, 0.1) is 11.8 Å². The van der Waals surface area contributed by atoms with Gasteiger partial charge in [-0.25, -0.2) is 0 Å². The number of halogens is 1. The van der Waals surface area contributed by atoms with Crippen molar-refractivity contribution in [2.24, 2.45) is 11.8 Å². The van der Waals surface area contributed by atoms with Gasteiger partial charge in [0.2, 0.25) is 0 Å². The van der Waals surface area contributed by atoms with Crippen LogP contribution in [0.4, 0.5) is 0 Å². The third-order valence-corrected chi connectivity index (χ3v) is 4.32. The van der Waals surface area contributed by atoms with Gasteiger partial charge < -0.3 is 5.32 Å². The molecule has 0 radical (unpaired) electrons. The minimum atomic E-state index is 0.122. The number of hydrogen-bond acceptors (Lipinski definition) is 1. The molecule has 1 N–H and O–H groups in total. The van der Waals surface area contributed by atoms with Crippen molar-refractivity contribution in [3.05, 3.63) is 0 Å². The number of hydrogen-bond donors (Lipinski definition) is 1. The van der Waals surface area contributed by atoms with Crippen LogP contribution < -0.4 is 5.32 Å². The number of fused-ring (bicyclic) bond motifs is 2. The highest BCUT2D eigenvalue weighted by atomic mass is 35.5. The van der Waals surface area contributed by atoms with Crippen LogP contribution in [-0.4, -0.2) is 17.5 Å². The van der Waals surface area contributed by atoms with Crippen molar-refractivity contribution in [3.8, 4) is 0 Å². The van der Waals surface area contributed by atoms with Crippen molar-refractivity contribution in [1.29, 1.82) is 0 Å². The van der Waals surface area contributed by atoms with E-state index < -0.39 is 0 Å². The molecule has 2 aliphatic carbocycles. The molecule has 0 aliphatic heterocycles. The van der Waals surface area contributed by atoms with E-state index in [1.807, 2.05) is 0 Å². The van der Waals surface area contributed by atoms with E-state index in [1.165, 1.54) is 25.7 Å². The Balaban J connectivity index is 1.89. The quantitative estimate of drug-likeness (QED) is 0.693. The van der Waals surface area contributed by atoms with E-state index in [9.17, 15) is 0 Å². The van der Waals surface area contributed by atoms with E-state index in [2.05, 4.69) is 19.2 Å². The van der Waals surface area contributed by atoms with Gasteiger partial charge in [0.05, 0.1) is 0 Å². The van der Waals surface area contributed by atoms with Gasteiger partial charge in [0, 0.05) is 17.5 Å². The molecule has 0 saturated heterocycles. The molecule has 0 aromatic carbocycles. The topological polar surface area (TPSA) is 12.0 Å². The van der Waals surface area contributed by atoms with Gasteiger partial charge in [0.15, 0.2) is 0 Å². The Labute approximate surface area is 86.2 Å². The summed E-state index contributed by atoms with van der Waals surface area (Å²) in [5.74, 6) is 2.68. The summed E-state index contributed by atoms with van der Waals surface area (Å²) < 4.78 is 0. The Morgan fingerprint density at radius 3 is 2.54 bits per heavy atom. The predicted octanol–water partition coefficient (Wildman–Crippen LogP) is 2.78. The van der Waals surface area contributed by atoms with Gasteiger partial charge in [-0.3, -0.25) is 0 Å². The van der Waals surface area contributed by atoms with E-state index >= 15 is 0 Å². The van der Waals surface area contributed by atoms with Crippen molar-refractivity contribution >= 4 is 11.6 Å². The largest absolute Gasteiger partial charge is 0.308 e. The average molecular weight is 202 g/mol. The number of rotatable bonds is 3. The van der Waals surface area contributed by atoms with Crippen LogP contribution in [0.1, 0.15) is 39.5 Å². The zero-order valence-corrected chi connectivity index (χ0v) is 9.40. The molecule has 1 nitrogen and oxygen atoms in total. The average Bonchev–Trinajstić information content (AvgIpc) is 2.64. The minimum absolute atomic E-state index is 0.122. The van der Waals surface area contributed by atoms with E-state index in [0.29, 0.717) is 5.88 Å². The van der Waals surface area contributed by atoms with E-state index in [4.69, 9.17) is 11.6 Å². The lowest BCUT2D eigenvalue weighted by Crippen LogP contribution is -2.49. The minimum Gasteiger partial charge on any atom is -0.308 e. The van der Waals surface area contributed by atoms with Crippen LogP contribution in [0.25, 0.3) is 0 Å². The molecule has 13 heavy (non-hydrogen) atoms. The molecule has 2 aliphatic rings. The standard InChI is InChI=1S/C11H20ClN/c1-11(2,7-12)13-10-6-8-3-4-9(10)5-8/h8-10,13H,3-7H2,1-2H3. The summed E-state index contributed by atoms with van der Waals surface area (Å²) in [6.45, 7) is 4.40. The molecule has 2 heteroatoms. The summed E-state index contributed by atoms with van der Waals surface area (Å²) in [5.41, 5.74) is 0.122. The van der Waals surface area contributed by atoms with Crippen LogP contribution >= 0.6 is 11.6 Å². The van der Waals surface area contributed by atoms with Crippen molar-refractivity contribution in [1.82, 2.24) is 5.32 Å². The first kappa shape index (κ1) is 9.79. The van der Waals surface area contributed by atoms with Crippen LogP contribution in [0.5, 0.6) is 0 Å². The molecule has 0 aromatic rings. The van der Waals surface area contributed by atoms with Gasteiger partial charge in [-0.05, 0) is 44.9 Å². The molecule has 0 aromatic heterocycles. The van der Waals surface area contributed by atoms with Gasteiger partial charge in [-0.2, -0.15) is 0 Å². The van der Waals surface area contributed by atoms with E-state index in [1.54, 1.807) is 0 Å². The lowest BCUT2D eigenvalue weighted by Gasteiger charge is -2.32. The monoisotopic (exact) mass is 201 g/mol. The second-order valence-electron chi connectivity index (χ2n) is 5.44. The Morgan fingerprint density at radius 1 is 1.31 bits per heavy atom. The van der Waals surface area contributed by atoms with Crippen LogP contribution in [-0.2, 0) is 0 Å². The molecular formula is C11H20ClN.